The van der Waals surface area contributed by atoms with Crippen LogP contribution >= 0.6 is 27.3 Å². The van der Waals surface area contributed by atoms with Gasteiger partial charge >= 0.3 is 0 Å². The predicted octanol–water partition coefficient (Wildman–Crippen LogP) is 4.62. The highest BCUT2D eigenvalue weighted by Crippen LogP contribution is 2.26. The van der Waals surface area contributed by atoms with Crippen LogP contribution in [0.5, 0.6) is 0 Å². The van der Waals surface area contributed by atoms with Gasteiger partial charge in [0, 0.05) is 10.7 Å². The van der Waals surface area contributed by atoms with Gasteiger partial charge in [0.25, 0.3) is 5.91 Å². The SMILES string of the molecule is C[C@@H](Cc1csc2ccccc12)NC(=O)c1ccc(Br)o1. The Morgan fingerprint density at radius 3 is 2.90 bits per heavy atom. The highest BCUT2D eigenvalue weighted by Gasteiger charge is 2.15. The fourth-order valence-electron chi connectivity index (χ4n) is 2.30. The lowest BCUT2D eigenvalue weighted by Gasteiger charge is -2.12. The highest BCUT2D eigenvalue weighted by molar-refractivity contribution is 9.10. The van der Waals surface area contributed by atoms with E-state index in [1.165, 1.54) is 15.6 Å². The maximum atomic E-state index is 12.0. The fraction of sp³-hybridized carbons (Fsp3) is 0.188. The molecular weight excluding hydrogens is 350 g/mol. The van der Waals surface area contributed by atoms with Crippen LogP contribution in [0.25, 0.3) is 10.1 Å². The maximum absolute atomic E-state index is 12.0. The van der Waals surface area contributed by atoms with Crippen molar-refractivity contribution in [3.8, 4) is 0 Å². The molecule has 0 aliphatic rings. The van der Waals surface area contributed by atoms with E-state index in [9.17, 15) is 4.79 Å². The topological polar surface area (TPSA) is 42.2 Å². The lowest BCUT2D eigenvalue weighted by atomic mass is 10.1. The molecule has 3 aromatic rings. The minimum atomic E-state index is -0.187. The van der Waals surface area contributed by atoms with E-state index in [1.807, 2.05) is 19.1 Å². The number of hydrogen-bond donors (Lipinski definition) is 1. The summed E-state index contributed by atoms with van der Waals surface area (Å²) in [7, 11) is 0. The highest BCUT2D eigenvalue weighted by atomic mass is 79.9. The quantitative estimate of drug-likeness (QED) is 0.734. The molecule has 5 heteroatoms. The van der Waals surface area contributed by atoms with Gasteiger partial charge in [-0.25, -0.2) is 0 Å². The Bertz CT molecular complexity index is 777. The van der Waals surface area contributed by atoms with Gasteiger partial charge in [0.2, 0.25) is 0 Å². The molecule has 0 radical (unpaired) electrons. The molecule has 108 valence electrons. The zero-order valence-electron chi connectivity index (χ0n) is 11.4. The largest absolute Gasteiger partial charge is 0.444 e. The molecule has 0 saturated heterocycles. The van der Waals surface area contributed by atoms with E-state index in [0.717, 1.165) is 6.42 Å². The Hall–Kier alpha value is -1.59. The van der Waals surface area contributed by atoms with Gasteiger partial charge in [-0.3, -0.25) is 4.79 Å². The molecule has 2 heterocycles. The Morgan fingerprint density at radius 1 is 1.33 bits per heavy atom. The standard InChI is InChI=1S/C16H14BrNO2S/c1-10(18-16(19)13-6-7-15(17)20-13)8-11-9-21-14-5-3-2-4-12(11)14/h2-7,9-10H,8H2,1H3,(H,18,19)/t10-/m0/s1. The molecule has 3 nitrogen and oxygen atoms in total. The molecule has 0 fully saturated rings. The second-order valence-corrected chi connectivity index (χ2v) is 6.63. The van der Waals surface area contributed by atoms with Gasteiger partial charge in [-0.2, -0.15) is 0 Å². The van der Waals surface area contributed by atoms with Gasteiger partial charge in [0.05, 0.1) is 0 Å². The summed E-state index contributed by atoms with van der Waals surface area (Å²) >= 11 is 4.93. The molecule has 1 N–H and O–H groups in total. The molecule has 0 bridgehead atoms. The van der Waals surface area contributed by atoms with Gasteiger partial charge in [-0.1, -0.05) is 18.2 Å². The van der Waals surface area contributed by atoms with Gasteiger partial charge in [0.15, 0.2) is 10.4 Å². The molecule has 3 rings (SSSR count). The molecule has 0 unspecified atom stereocenters. The number of rotatable bonds is 4. The molecule has 0 saturated carbocycles. The zero-order chi connectivity index (χ0) is 14.8. The van der Waals surface area contributed by atoms with Gasteiger partial charge < -0.3 is 9.73 Å². The summed E-state index contributed by atoms with van der Waals surface area (Å²) < 4.78 is 7.10. The average Bonchev–Trinajstić information content (AvgIpc) is 3.06. The third-order valence-electron chi connectivity index (χ3n) is 3.26. The molecule has 21 heavy (non-hydrogen) atoms. The molecular formula is C16H14BrNO2S. The van der Waals surface area contributed by atoms with E-state index >= 15 is 0 Å². The Morgan fingerprint density at radius 2 is 2.14 bits per heavy atom. The molecule has 1 amide bonds. The summed E-state index contributed by atoms with van der Waals surface area (Å²) in [6, 6.07) is 11.7. The van der Waals surface area contributed by atoms with Crippen LogP contribution in [0.3, 0.4) is 0 Å². The second kappa shape index (κ2) is 6.03. The number of carbonyl (C=O) groups excluding carboxylic acids is 1. The summed E-state index contributed by atoms with van der Waals surface area (Å²) in [6.07, 6.45) is 0.803. The van der Waals surface area contributed by atoms with Crippen molar-refractivity contribution in [2.24, 2.45) is 0 Å². The van der Waals surface area contributed by atoms with E-state index in [4.69, 9.17) is 4.42 Å². The molecule has 0 spiro atoms. The van der Waals surface area contributed by atoms with E-state index in [-0.39, 0.29) is 11.9 Å². The number of nitrogens with one attached hydrogen (secondary N) is 1. The van der Waals surface area contributed by atoms with Gasteiger partial charge in [0.1, 0.15) is 0 Å². The Balaban J connectivity index is 1.69. The number of furan rings is 1. The van der Waals surface area contributed by atoms with Crippen molar-refractivity contribution >= 4 is 43.3 Å². The van der Waals surface area contributed by atoms with Crippen LogP contribution in [0, 0.1) is 0 Å². The second-order valence-electron chi connectivity index (χ2n) is 4.94. The van der Waals surface area contributed by atoms with Crippen LogP contribution in [0.1, 0.15) is 23.0 Å². The van der Waals surface area contributed by atoms with Crippen molar-refractivity contribution in [2.45, 2.75) is 19.4 Å². The minimum Gasteiger partial charge on any atom is -0.444 e. The first-order chi connectivity index (χ1) is 10.1. The first kappa shape index (κ1) is 14.4. The molecule has 0 aliphatic heterocycles. The maximum Gasteiger partial charge on any atom is 0.287 e. The molecule has 0 aliphatic carbocycles. The van der Waals surface area contributed by atoms with Gasteiger partial charge in [-0.15, -0.1) is 11.3 Å². The van der Waals surface area contributed by atoms with E-state index in [1.54, 1.807) is 23.5 Å². The van der Waals surface area contributed by atoms with Gasteiger partial charge in [-0.05, 0) is 63.8 Å². The van der Waals surface area contributed by atoms with Crippen LogP contribution in [-0.2, 0) is 6.42 Å². The summed E-state index contributed by atoms with van der Waals surface area (Å²) in [5, 5.41) is 6.39. The fourth-order valence-corrected chi connectivity index (χ4v) is 3.59. The number of benzene rings is 1. The molecule has 1 aromatic carbocycles. The van der Waals surface area contributed by atoms with Crippen molar-refractivity contribution in [1.29, 1.82) is 0 Å². The third kappa shape index (κ3) is 3.19. The van der Waals surface area contributed by atoms with Crippen molar-refractivity contribution < 1.29 is 9.21 Å². The van der Waals surface area contributed by atoms with Crippen molar-refractivity contribution in [1.82, 2.24) is 5.32 Å². The lowest BCUT2D eigenvalue weighted by molar-refractivity contribution is 0.0911. The van der Waals surface area contributed by atoms with Crippen LogP contribution in [0.2, 0.25) is 0 Å². The van der Waals surface area contributed by atoms with Crippen LogP contribution in [0.15, 0.2) is 50.9 Å². The van der Waals surface area contributed by atoms with E-state index < -0.39 is 0 Å². The number of amides is 1. The Kier molecular flexibility index (Phi) is 4.12. The van der Waals surface area contributed by atoms with Crippen LogP contribution in [0.4, 0.5) is 0 Å². The van der Waals surface area contributed by atoms with E-state index in [2.05, 4.69) is 38.8 Å². The number of fused-ring (bicyclic) bond motifs is 1. The van der Waals surface area contributed by atoms with Crippen molar-refractivity contribution in [3.63, 3.8) is 0 Å². The molecule has 1 atom stereocenters. The molecule has 2 aromatic heterocycles. The average molecular weight is 364 g/mol. The summed E-state index contributed by atoms with van der Waals surface area (Å²) in [6.45, 7) is 2.00. The number of halogens is 1. The third-order valence-corrected chi connectivity index (χ3v) is 4.70. The summed E-state index contributed by atoms with van der Waals surface area (Å²) in [5.74, 6) is 0.136. The first-order valence-corrected chi connectivity index (χ1v) is 8.32. The minimum absolute atomic E-state index is 0.0411. The number of hydrogen-bond acceptors (Lipinski definition) is 3. The van der Waals surface area contributed by atoms with Crippen LogP contribution < -0.4 is 5.32 Å². The zero-order valence-corrected chi connectivity index (χ0v) is 13.8. The normalized spacial score (nSPS) is 12.5. The number of thiophene rings is 1. The van der Waals surface area contributed by atoms with Crippen LogP contribution in [-0.4, -0.2) is 11.9 Å². The Labute approximate surface area is 135 Å². The summed E-state index contributed by atoms with van der Waals surface area (Å²) in [4.78, 5) is 12.0. The first-order valence-electron chi connectivity index (χ1n) is 6.65. The van der Waals surface area contributed by atoms with E-state index in [0.29, 0.717) is 10.4 Å². The predicted molar refractivity (Wildman–Crippen MR) is 88.9 cm³/mol. The monoisotopic (exact) mass is 363 g/mol. The smallest absolute Gasteiger partial charge is 0.287 e. The van der Waals surface area contributed by atoms with Crippen molar-refractivity contribution in [2.75, 3.05) is 0 Å². The number of carbonyl (C=O) groups is 1. The lowest BCUT2D eigenvalue weighted by Crippen LogP contribution is -2.33. The summed E-state index contributed by atoms with van der Waals surface area (Å²) in [5.41, 5.74) is 1.27. The van der Waals surface area contributed by atoms with Crippen molar-refractivity contribution in [3.05, 3.63) is 57.8 Å².